The predicted molar refractivity (Wildman–Crippen MR) is 135 cm³/mol. The quantitative estimate of drug-likeness (QED) is 0.321. The molecule has 3 heterocycles. The highest BCUT2D eigenvalue weighted by atomic mass is 35.5. The van der Waals surface area contributed by atoms with Crippen molar-refractivity contribution in [3.05, 3.63) is 94.5 Å². The summed E-state index contributed by atoms with van der Waals surface area (Å²) in [4.78, 5) is 21.2. The number of H-pyrrole nitrogens is 1. The van der Waals surface area contributed by atoms with Gasteiger partial charge < -0.3 is 14.8 Å². The number of aromatic amines is 1. The standard InChI is InChI=1S/C28H24ClF2N3O/c1-17-22-3-2-4-23(29)24(22)32-26(17)33-15-13-28(14-16-33)25(18-5-7-19(30)8-6-18)34(27(28)35)21-11-9-20(31)10-12-21/h2-12,25,32H,13-16H2,1H3. The number of anilines is 2. The molecule has 178 valence electrons. The molecular weight excluding hydrogens is 468 g/mol. The zero-order chi connectivity index (χ0) is 24.3. The third kappa shape index (κ3) is 3.34. The van der Waals surface area contributed by atoms with Crippen LogP contribution in [0.3, 0.4) is 0 Å². The van der Waals surface area contributed by atoms with Crippen molar-refractivity contribution in [1.29, 1.82) is 0 Å². The van der Waals surface area contributed by atoms with Gasteiger partial charge in [0.05, 0.1) is 22.0 Å². The molecule has 2 fully saturated rings. The Hall–Kier alpha value is -3.38. The van der Waals surface area contributed by atoms with E-state index >= 15 is 0 Å². The average Bonchev–Trinajstić information content (AvgIpc) is 3.21. The zero-order valence-corrected chi connectivity index (χ0v) is 19.9. The van der Waals surface area contributed by atoms with Crippen LogP contribution in [0, 0.1) is 24.0 Å². The van der Waals surface area contributed by atoms with Gasteiger partial charge in [0.1, 0.15) is 17.5 Å². The number of halogens is 3. The molecular formula is C28H24ClF2N3O. The molecule has 1 spiro atoms. The Labute approximate surface area is 207 Å². The maximum Gasteiger partial charge on any atom is 0.236 e. The van der Waals surface area contributed by atoms with Crippen LogP contribution in [-0.4, -0.2) is 24.0 Å². The maximum absolute atomic E-state index is 13.7. The molecule has 2 saturated heterocycles. The maximum atomic E-state index is 13.7. The van der Waals surface area contributed by atoms with Crippen LogP contribution in [0.15, 0.2) is 66.7 Å². The number of carbonyl (C=O) groups is 1. The van der Waals surface area contributed by atoms with Crippen molar-refractivity contribution in [2.75, 3.05) is 22.9 Å². The lowest BCUT2D eigenvalue weighted by Crippen LogP contribution is -2.66. The van der Waals surface area contributed by atoms with Crippen LogP contribution in [0.25, 0.3) is 10.9 Å². The largest absolute Gasteiger partial charge is 0.358 e. The number of carbonyl (C=O) groups excluding carboxylic acids is 1. The molecule has 3 aromatic carbocycles. The van der Waals surface area contributed by atoms with Gasteiger partial charge in [0.25, 0.3) is 0 Å². The number of fused-ring (bicyclic) bond motifs is 1. The summed E-state index contributed by atoms with van der Waals surface area (Å²) in [5, 5.41) is 1.78. The summed E-state index contributed by atoms with van der Waals surface area (Å²) in [6.07, 6.45) is 1.32. The molecule has 7 heteroatoms. The molecule has 1 unspecified atom stereocenters. The fourth-order valence-electron chi connectivity index (χ4n) is 5.87. The number of piperidine rings is 1. The molecule has 4 nitrogen and oxygen atoms in total. The molecule has 1 amide bonds. The Bertz CT molecular complexity index is 1420. The van der Waals surface area contributed by atoms with Crippen LogP contribution in [0.2, 0.25) is 5.02 Å². The number of nitrogens with one attached hydrogen (secondary N) is 1. The molecule has 1 aromatic heterocycles. The minimum atomic E-state index is -0.583. The summed E-state index contributed by atoms with van der Waals surface area (Å²) >= 11 is 6.41. The van der Waals surface area contributed by atoms with Crippen LogP contribution in [0.4, 0.5) is 20.3 Å². The highest BCUT2D eigenvalue weighted by Gasteiger charge is 2.62. The smallest absolute Gasteiger partial charge is 0.236 e. The third-order valence-electron chi connectivity index (χ3n) is 7.71. The number of para-hydroxylation sites is 1. The van der Waals surface area contributed by atoms with Gasteiger partial charge in [-0.2, -0.15) is 0 Å². The van der Waals surface area contributed by atoms with Gasteiger partial charge in [0, 0.05) is 24.2 Å². The fourth-order valence-corrected chi connectivity index (χ4v) is 6.09. The van der Waals surface area contributed by atoms with Gasteiger partial charge in [-0.25, -0.2) is 8.78 Å². The highest BCUT2D eigenvalue weighted by Crippen LogP contribution is 2.57. The van der Waals surface area contributed by atoms with Gasteiger partial charge in [0.15, 0.2) is 0 Å². The first kappa shape index (κ1) is 22.1. The summed E-state index contributed by atoms with van der Waals surface area (Å²) < 4.78 is 27.3. The van der Waals surface area contributed by atoms with Gasteiger partial charge in [-0.05, 0) is 73.4 Å². The highest BCUT2D eigenvalue weighted by molar-refractivity contribution is 6.35. The number of hydrogen-bond acceptors (Lipinski definition) is 2. The number of aryl methyl sites for hydroxylation is 1. The van der Waals surface area contributed by atoms with Crippen molar-refractivity contribution in [3.8, 4) is 0 Å². The second-order valence-corrected chi connectivity index (χ2v) is 9.92. The van der Waals surface area contributed by atoms with Gasteiger partial charge in [-0.3, -0.25) is 4.79 Å². The van der Waals surface area contributed by atoms with Crippen molar-refractivity contribution in [2.45, 2.75) is 25.8 Å². The summed E-state index contributed by atoms with van der Waals surface area (Å²) in [6.45, 7) is 3.49. The molecule has 35 heavy (non-hydrogen) atoms. The van der Waals surface area contributed by atoms with Gasteiger partial charge in [0.2, 0.25) is 5.91 Å². The van der Waals surface area contributed by atoms with Crippen LogP contribution in [-0.2, 0) is 4.79 Å². The molecule has 6 rings (SSSR count). The lowest BCUT2D eigenvalue weighted by atomic mass is 9.62. The van der Waals surface area contributed by atoms with Crippen molar-refractivity contribution in [3.63, 3.8) is 0 Å². The van der Waals surface area contributed by atoms with Crippen LogP contribution in [0.1, 0.15) is 30.0 Å². The van der Waals surface area contributed by atoms with E-state index in [2.05, 4.69) is 22.9 Å². The number of rotatable bonds is 3. The summed E-state index contributed by atoms with van der Waals surface area (Å²) in [5.41, 5.74) is 3.02. The molecule has 0 aliphatic carbocycles. The number of benzene rings is 3. The molecule has 1 N–H and O–H groups in total. The second-order valence-electron chi connectivity index (χ2n) is 9.51. The van der Waals surface area contributed by atoms with Gasteiger partial charge >= 0.3 is 0 Å². The van der Waals surface area contributed by atoms with E-state index in [1.807, 2.05) is 12.1 Å². The number of β-lactam (4-membered cyclic amide) rings is 1. The average molecular weight is 492 g/mol. The molecule has 0 bridgehead atoms. The molecule has 2 aliphatic rings. The lowest BCUT2D eigenvalue weighted by Gasteiger charge is -2.59. The van der Waals surface area contributed by atoms with E-state index in [0.717, 1.165) is 27.8 Å². The molecule has 4 aromatic rings. The Morgan fingerprint density at radius 1 is 0.943 bits per heavy atom. The molecule has 1 atom stereocenters. The Morgan fingerprint density at radius 2 is 1.57 bits per heavy atom. The number of aromatic nitrogens is 1. The van der Waals surface area contributed by atoms with E-state index in [4.69, 9.17) is 11.6 Å². The summed E-state index contributed by atoms with van der Waals surface area (Å²) in [7, 11) is 0. The molecule has 0 radical (unpaired) electrons. The summed E-state index contributed by atoms with van der Waals surface area (Å²) in [5.74, 6) is 0.402. The van der Waals surface area contributed by atoms with E-state index in [9.17, 15) is 13.6 Å². The van der Waals surface area contributed by atoms with Crippen molar-refractivity contribution >= 4 is 39.9 Å². The number of nitrogens with zero attached hydrogens (tertiary/aromatic N) is 2. The first-order valence-corrected chi connectivity index (χ1v) is 12.1. The van der Waals surface area contributed by atoms with E-state index in [1.54, 1.807) is 29.2 Å². The van der Waals surface area contributed by atoms with Crippen LogP contribution < -0.4 is 9.80 Å². The van der Waals surface area contributed by atoms with Gasteiger partial charge in [-0.1, -0.05) is 35.9 Å². The van der Waals surface area contributed by atoms with Crippen molar-refractivity contribution in [2.24, 2.45) is 5.41 Å². The number of amides is 1. The van der Waals surface area contributed by atoms with E-state index in [-0.39, 0.29) is 23.6 Å². The lowest BCUT2D eigenvalue weighted by molar-refractivity contribution is -0.142. The van der Waals surface area contributed by atoms with Gasteiger partial charge in [-0.15, -0.1) is 0 Å². The molecule has 2 aliphatic heterocycles. The van der Waals surface area contributed by atoms with Crippen molar-refractivity contribution in [1.82, 2.24) is 4.98 Å². The van der Waals surface area contributed by atoms with E-state index in [0.29, 0.717) is 36.6 Å². The van der Waals surface area contributed by atoms with Crippen molar-refractivity contribution < 1.29 is 13.6 Å². The minimum absolute atomic E-state index is 0.0366. The summed E-state index contributed by atoms with van der Waals surface area (Å²) in [6, 6.07) is 18.0. The normalized spacial score (nSPS) is 19.4. The van der Waals surface area contributed by atoms with E-state index < -0.39 is 5.41 Å². The first-order valence-electron chi connectivity index (χ1n) is 11.8. The Kier molecular flexibility index (Phi) is 5.11. The SMILES string of the molecule is Cc1c(N2CCC3(CC2)C(=O)N(c2ccc(F)cc2)C3c2ccc(F)cc2)[nH]c2c(Cl)cccc12. The topological polar surface area (TPSA) is 39.3 Å². The van der Waals surface area contributed by atoms with Crippen LogP contribution >= 0.6 is 11.6 Å². The molecule has 0 saturated carbocycles. The number of hydrogen-bond donors (Lipinski definition) is 1. The minimum Gasteiger partial charge on any atom is -0.358 e. The monoisotopic (exact) mass is 491 g/mol. The fraction of sp³-hybridized carbons (Fsp3) is 0.250. The van der Waals surface area contributed by atoms with E-state index in [1.165, 1.54) is 24.3 Å². The Balaban J connectivity index is 1.33. The third-order valence-corrected chi connectivity index (χ3v) is 8.02. The first-order chi connectivity index (χ1) is 16.9. The Morgan fingerprint density at radius 3 is 2.20 bits per heavy atom. The second kappa shape index (κ2) is 8.09. The predicted octanol–water partition coefficient (Wildman–Crippen LogP) is 6.78. The van der Waals surface area contributed by atoms with Crippen LogP contribution in [0.5, 0.6) is 0 Å². The zero-order valence-electron chi connectivity index (χ0n) is 19.2.